The summed E-state index contributed by atoms with van der Waals surface area (Å²) in [5, 5.41) is 8.36. The number of hydrogen-bond donors (Lipinski definition) is 1. The maximum Gasteiger partial charge on any atom is 0.514 e. The van der Waals surface area contributed by atoms with Crippen molar-refractivity contribution < 1.29 is 24.2 Å². The van der Waals surface area contributed by atoms with Crippen molar-refractivity contribution in [3.63, 3.8) is 0 Å². The molecule has 0 radical (unpaired) electrons. The molecule has 0 heterocycles. The highest BCUT2D eigenvalue weighted by Gasteiger charge is 2.52. The molecule has 1 aromatic rings. The molecule has 4 rings (SSSR count). The number of carbonyl (C=O) groups excluding carboxylic acids is 2. The minimum atomic E-state index is -0.644. The number of aliphatic hydroxyl groups is 1. The maximum absolute atomic E-state index is 12.4. The van der Waals surface area contributed by atoms with Crippen molar-refractivity contribution in [3.05, 3.63) is 41.0 Å². The van der Waals surface area contributed by atoms with Crippen LogP contribution in [0.3, 0.4) is 0 Å². The summed E-state index contributed by atoms with van der Waals surface area (Å²) < 4.78 is 10.6. The van der Waals surface area contributed by atoms with Crippen molar-refractivity contribution in [2.24, 2.45) is 11.3 Å². The third kappa shape index (κ3) is 5.09. The van der Waals surface area contributed by atoms with Gasteiger partial charge in [0.1, 0.15) is 17.6 Å². The van der Waals surface area contributed by atoms with Crippen LogP contribution in [0, 0.1) is 11.3 Å². The van der Waals surface area contributed by atoms with E-state index in [4.69, 9.17) is 14.6 Å². The van der Waals surface area contributed by atoms with Gasteiger partial charge in [0, 0.05) is 17.8 Å². The number of benzene rings is 1. The van der Waals surface area contributed by atoms with Gasteiger partial charge in [-0.05, 0) is 81.5 Å². The van der Waals surface area contributed by atoms with Gasteiger partial charge < -0.3 is 14.6 Å². The molecule has 1 N–H and O–H groups in total. The number of allylic oxidation sites excluding steroid dienone is 2. The van der Waals surface area contributed by atoms with Crippen molar-refractivity contribution in [1.29, 1.82) is 0 Å². The Bertz CT molecular complexity index is 871. The molecule has 0 aromatic heterocycles. The molecular formula is C27H38O5. The van der Waals surface area contributed by atoms with Crippen LogP contribution >= 0.6 is 0 Å². The van der Waals surface area contributed by atoms with Crippen molar-refractivity contribution >= 4 is 11.9 Å². The summed E-state index contributed by atoms with van der Waals surface area (Å²) in [5.41, 5.74) is 3.86. The van der Waals surface area contributed by atoms with Crippen LogP contribution in [0.2, 0.25) is 0 Å². The molecule has 0 aliphatic heterocycles. The normalized spacial score (nSPS) is 27.6. The molecule has 5 nitrogen and oxygen atoms in total. The summed E-state index contributed by atoms with van der Waals surface area (Å²) in [6.07, 6.45) is 7.59. The van der Waals surface area contributed by atoms with Crippen LogP contribution < -0.4 is 4.74 Å². The molecule has 0 bridgehead atoms. The van der Waals surface area contributed by atoms with Crippen molar-refractivity contribution in [1.82, 2.24) is 0 Å². The number of hydrogen-bond acceptors (Lipinski definition) is 5. The molecule has 0 saturated heterocycles. The minimum absolute atomic E-state index is 0.116. The number of carbonyl (C=O) groups is 2. The van der Waals surface area contributed by atoms with Gasteiger partial charge in [-0.25, -0.2) is 4.79 Å². The fourth-order valence-corrected chi connectivity index (χ4v) is 5.15. The number of fused-ring (bicyclic) bond motifs is 5. The maximum atomic E-state index is 12.4. The zero-order valence-electron chi connectivity index (χ0n) is 20.1. The van der Waals surface area contributed by atoms with E-state index in [2.05, 4.69) is 19.1 Å². The zero-order valence-corrected chi connectivity index (χ0v) is 20.1. The van der Waals surface area contributed by atoms with Crippen molar-refractivity contribution in [3.8, 4) is 5.75 Å². The Balaban J connectivity index is 0.000000523. The predicted molar refractivity (Wildman–Crippen MR) is 125 cm³/mol. The third-order valence-electron chi connectivity index (χ3n) is 7.54. The highest BCUT2D eigenvalue weighted by atomic mass is 16.7. The molecule has 0 amide bonds. The molecule has 32 heavy (non-hydrogen) atoms. The van der Waals surface area contributed by atoms with E-state index < -0.39 is 6.16 Å². The number of ether oxygens (including phenoxy) is 2. The van der Waals surface area contributed by atoms with Crippen LogP contribution in [0.15, 0.2) is 29.8 Å². The molecule has 5 unspecified atom stereocenters. The lowest BCUT2D eigenvalue weighted by Gasteiger charge is -2.43. The first-order chi connectivity index (χ1) is 15.2. The van der Waals surface area contributed by atoms with Gasteiger partial charge in [0.25, 0.3) is 0 Å². The fourth-order valence-electron chi connectivity index (χ4n) is 5.15. The Kier molecular flexibility index (Phi) is 7.81. The van der Waals surface area contributed by atoms with E-state index in [-0.39, 0.29) is 17.6 Å². The Morgan fingerprint density at radius 3 is 2.59 bits per heavy atom. The van der Waals surface area contributed by atoms with Crippen molar-refractivity contribution in [2.75, 3.05) is 0 Å². The molecule has 3 aliphatic rings. The second kappa shape index (κ2) is 10.2. The van der Waals surface area contributed by atoms with Gasteiger partial charge in [0.2, 0.25) is 0 Å². The zero-order chi connectivity index (χ0) is 23.5. The molecule has 2 fully saturated rings. The van der Waals surface area contributed by atoms with Gasteiger partial charge in [0.05, 0.1) is 6.10 Å². The lowest BCUT2D eigenvalue weighted by atomic mass is 9.60. The summed E-state index contributed by atoms with van der Waals surface area (Å²) in [5.74, 6) is 1.79. The van der Waals surface area contributed by atoms with E-state index in [1.807, 2.05) is 32.9 Å². The highest BCUT2D eigenvalue weighted by molar-refractivity contribution is 5.88. The average Bonchev–Trinajstić information content (AvgIpc) is 3.08. The quantitative estimate of drug-likeness (QED) is 0.345. The standard InChI is InChI=1S/C23H28O4.C4H10O/c1-4-14(2)26-22(25)27-16-6-8-17-15(13-16)5-7-19-18(17)11-12-23(3)20(19)9-10-21(23)24;1-3-4(2)5/h6-8,13-14,18,20H,4-5,9-12H2,1-3H3;4-5H,3H2,1-2H3. The monoisotopic (exact) mass is 442 g/mol. The summed E-state index contributed by atoms with van der Waals surface area (Å²) in [4.78, 5) is 24.3. The Labute approximate surface area is 192 Å². The number of ketones is 1. The largest absolute Gasteiger partial charge is 0.514 e. The predicted octanol–water partition coefficient (Wildman–Crippen LogP) is 6.12. The van der Waals surface area contributed by atoms with Crippen LogP contribution in [0.1, 0.15) is 90.2 Å². The summed E-state index contributed by atoms with van der Waals surface area (Å²) >= 11 is 0. The van der Waals surface area contributed by atoms with Gasteiger partial charge in [-0.1, -0.05) is 38.5 Å². The lowest BCUT2D eigenvalue weighted by Crippen LogP contribution is -2.37. The third-order valence-corrected chi connectivity index (χ3v) is 7.54. The van der Waals surface area contributed by atoms with Gasteiger partial charge in [-0.15, -0.1) is 0 Å². The van der Waals surface area contributed by atoms with Crippen LogP contribution in [0.5, 0.6) is 5.75 Å². The topological polar surface area (TPSA) is 72.8 Å². The molecule has 2 saturated carbocycles. The molecular weight excluding hydrogens is 404 g/mol. The van der Waals surface area contributed by atoms with E-state index in [1.165, 1.54) is 16.7 Å². The first-order valence-electron chi connectivity index (χ1n) is 12.1. The molecule has 3 aliphatic carbocycles. The number of Topliss-reactive ketones (excluding diaryl/α,β-unsaturated/α-hetero) is 1. The van der Waals surface area contributed by atoms with E-state index in [0.29, 0.717) is 23.4 Å². The Morgan fingerprint density at radius 2 is 1.94 bits per heavy atom. The first kappa shape index (κ1) is 24.5. The van der Waals surface area contributed by atoms with Gasteiger partial charge in [0.15, 0.2) is 0 Å². The van der Waals surface area contributed by atoms with Gasteiger partial charge >= 0.3 is 6.16 Å². The number of aliphatic hydroxyl groups excluding tert-OH is 1. The fraction of sp³-hybridized carbons (Fsp3) is 0.630. The molecule has 1 aromatic carbocycles. The Hall–Kier alpha value is -2.14. The molecule has 176 valence electrons. The van der Waals surface area contributed by atoms with Crippen LogP contribution in [0.4, 0.5) is 4.79 Å². The summed E-state index contributed by atoms with van der Waals surface area (Å²) in [6.45, 7) is 9.71. The van der Waals surface area contributed by atoms with Crippen LogP contribution in [0.25, 0.3) is 0 Å². The lowest BCUT2D eigenvalue weighted by molar-refractivity contribution is -0.126. The number of rotatable bonds is 4. The van der Waals surface area contributed by atoms with Crippen LogP contribution in [-0.4, -0.2) is 29.3 Å². The Morgan fingerprint density at radius 1 is 1.22 bits per heavy atom. The highest BCUT2D eigenvalue weighted by Crippen LogP contribution is 2.57. The average molecular weight is 443 g/mol. The van der Waals surface area contributed by atoms with Gasteiger partial charge in [-0.2, -0.15) is 0 Å². The van der Waals surface area contributed by atoms with E-state index >= 15 is 0 Å². The van der Waals surface area contributed by atoms with E-state index in [9.17, 15) is 9.59 Å². The first-order valence-corrected chi connectivity index (χ1v) is 12.1. The molecule has 5 heteroatoms. The SMILES string of the molecule is CCC(C)O.CCC(C)OC(=O)Oc1ccc2c(c1)CC=C1C2CCC2(C)C(=O)CCC12. The summed E-state index contributed by atoms with van der Waals surface area (Å²) in [7, 11) is 0. The van der Waals surface area contributed by atoms with E-state index in [1.54, 1.807) is 6.92 Å². The smallest absolute Gasteiger partial charge is 0.431 e. The molecule has 5 atom stereocenters. The second-order valence-electron chi connectivity index (χ2n) is 9.74. The van der Waals surface area contributed by atoms with Gasteiger partial charge in [-0.3, -0.25) is 4.79 Å². The van der Waals surface area contributed by atoms with Crippen LogP contribution in [-0.2, 0) is 16.0 Å². The van der Waals surface area contributed by atoms with Crippen molar-refractivity contribution in [2.45, 2.75) is 97.7 Å². The minimum Gasteiger partial charge on any atom is -0.431 e. The second-order valence-corrected chi connectivity index (χ2v) is 9.74. The van der Waals surface area contributed by atoms with E-state index in [0.717, 1.165) is 44.9 Å². The summed E-state index contributed by atoms with van der Waals surface area (Å²) in [6, 6.07) is 5.93. The molecule has 0 spiro atoms.